The lowest BCUT2D eigenvalue weighted by Gasteiger charge is -2.06. The molecule has 0 radical (unpaired) electrons. The first kappa shape index (κ1) is 14.6. The number of amides is 1. The number of hydrogen-bond donors (Lipinski definition) is 2. The Morgan fingerprint density at radius 2 is 2.05 bits per heavy atom. The van der Waals surface area contributed by atoms with E-state index >= 15 is 0 Å². The van der Waals surface area contributed by atoms with Gasteiger partial charge in [-0.3, -0.25) is 4.79 Å². The van der Waals surface area contributed by atoms with Crippen molar-refractivity contribution in [3.05, 3.63) is 36.0 Å². The Balaban J connectivity index is 2.68. The Kier molecular flexibility index (Phi) is 5.96. The van der Waals surface area contributed by atoms with Crippen LogP contribution < -0.4 is 15.4 Å². The van der Waals surface area contributed by atoms with Gasteiger partial charge in [0, 0.05) is 18.4 Å². The highest BCUT2D eigenvalue weighted by molar-refractivity contribution is 6.06. The average Bonchev–Trinajstić information content (AvgIpc) is 2.42. The number of anilines is 1. The third-order valence-corrected chi connectivity index (χ3v) is 2.24. The molecule has 0 unspecified atom stereocenters. The zero-order valence-corrected chi connectivity index (χ0v) is 11.1. The highest BCUT2D eigenvalue weighted by Crippen LogP contribution is 2.16. The summed E-state index contributed by atoms with van der Waals surface area (Å²) in [6.45, 7) is 5.04. The van der Waals surface area contributed by atoms with E-state index in [0.717, 1.165) is 5.75 Å². The fraction of sp³-hybridized carbons (Fsp3) is 0.286. The van der Waals surface area contributed by atoms with Gasteiger partial charge in [-0.05, 0) is 38.1 Å². The normalized spacial score (nSPS) is 10.5. The van der Waals surface area contributed by atoms with Crippen molar-refractivity contribution in [1.29, 1.82) is 5.26 Å². The Morgan fingerprint density at radius 3 is 2.58 bits per heavy atom. The van der Waals surface area contributed by atoms with Crippen LogP contribution in [0.5, 0.6) is 5.75 Å². The van der Waals surface area contributed by atoms with Crippen LogP contribution in [0.3, 0.4) is 0 Å². The number of nitrogens with one attached hydrogen (secondary N) is 2. The molecular formula is C14H17N3O2. The second-order valence-electron chi connectivity index (χ2n) is 3.64. The van der Waals surface area contributed by atoms with Crippen LogP contribution in [0.15, 0.2) is 36.0 Å². The van der Waals surface area contributed by atoms with Gasteiger partial charge in [0.15, 0.2) is 0 Å². The molecule has 2 N–H and O–H groups in total. The summed E-state index contributed by atoms with van der Waals surface area (Å²) in [7, 11) is 0. The lowest BCUT2D eigenvalue weighted by atomic mass is 10.2. The van der Waals surface area contributed by atoms with E-state index < -0.39 is 5.91 Å². The summed E-state index contributed by atoms with van der Waals surface area (Å²) in [5, 5.41) is 14.3. The highest BCUT2D eigenvalue weighted by Gasteiger charge is 2.08. The Labute approximate surface area is 112 Å². The summed E-state index contributed by atoms with van der Waals surface area (Å²) in [6.07, 6.45) is 1.41. The summed E-state index contributed by atoms with van der Waals surface area (Å²) in [4.78, 5) is 11.8. The zero-order valence-electron chi connectivity index (χ0n) is 11.1. The number of carbonyl (C=O) groups is 1. The van der Waals surface area contributed by atoms with Gasteiger partial charge in [-0.25, -0.2) is 0 Å². The maximum absolute atomic E-state index is 11.8. The van der Waals surface area contributed by atoms with E-state index in [2.05, 4.69) is 10.6 Å². The summed E-state index contributed by atoms with van der Waals surface area (Å²) in [5.74, 6) is 0.303. The fourth-order valence-corrected chi connectivity index (χ4v) is 1.35. The third-order valence-electron chi connectivity index (χ3n) is 2.24. The second-order valence-corrected chi connectivity index (χ2v) is 3.64. The smallest absolute Gasteiger partial charge is 0.267 e. The minimum Gasteiger partial charge on any atom is -0.494 e. The van der Waals surface area contributed by atoms with Gasteiger partial charge < -0.3 is 15.4 Å². The number of nitriles is 1. The predicted molar refractivity (Wildman–Crippen MR) is 73.6 cm³/mol. The monoisotopic (exact) mass is 259 g/mol. The molecule has 0 saturated carbocycles. The van der Waals surface area contributed by atoms with Crippen molar-refractivity contribution in [3.63, 3.8) is 0 Å². The summed E-state index contributed by atoms with van der Waals surface area (Å²) < 4.78 is 5.30. The molecule has 0 aliphatic heterocycles. The van der Waals surface area contributed by atoms with E-state index in [1.807, 2.05) is 19.9 Å². The zero-order chi connectivity index (χ0) is 14.1. The molecule has 0 heterocycles. The minimum atomic E-state index is -0.437. The SMILES string of the molecule is CCN/C=C(/C#N)C(=O)Nc1ccc(OCC)cc1. The topological polar surface area (TPSA) is 74.2 Å². The standard InChI is InChI=1S/C14H17N3O2/c1-3-16-10-11(9-15)14(18)17-12-5-7-13(8-6-12)19-4-2/h5-8,10,16H,3-4H2,1-2H3,(H,17,18)/b11-10-. The van der Waals surface area contributed by atoms with Crippen molar-refractivity contribution in [2.75, 3.05) is 18.5 Å². The maximum Gasteiger partial charge on any atom is 0.267 e. The molecule has 0 bridgehead atoms. The molecule has 0 fully saturated rings. The highest BCUT2D eigenvalue weighted by atomic mass is 16.5. The average molecular weight is 259 g/mol. The molecule has 0 aromatic heterocycles. The first-order valence-corrected chi connectivity index (χ1v) is 6.09. The molecule has 0 aliphatic rings. The van der Waals surface area contributed by atoms with Crippen LogP contribution in [0.4, 0.5) is 5.69 Å². The number of rotatable bonds is 6. The largest absolute Gasteiger partial charge is 0.494 e. The molecule has 100 valence electrons. The molecule has 0 spiro atoms. The van der Waals surface area contributed by atoms with Crippen molar-refractivity contribution in [2.24, 2.45) is 0 Å². The van der Waals surface area contributed by atoms with Crippen LogP contribution in [0.25, 0.3) is 0 Å². The summed E-state index contributed by atoms with van der Waals surface area (Å²) >= 11 is 0. The third kappa shape index (κ3) is 4.72. The molecular weight excluding hydrogens is 242 g/mol. The lowest BCUT2D eigenvalue weighted by molar-refractivity contribution is -0.112. The second kappa shape index (κ2) is 7.77. The van der Waals surface area contributed by atoms with Crippen molar-refractivity contribution < 1.29 is 9.53 Å². The van der Waals surface area contributed by atoms with E-state index in [9.17, 15) is 4.79 Å². The molecule has 1 aromatic carbocycles. The number of carbonyl (C=O) groups excluding carboxylic acids is 1. The van der Waals surface area contributed by atoms with Crippen LogP contribution in [0.2, 0.25) is 0 Å². The van der Waals surface area contributed by atoms with E-state index in [1.165, 1.54) is 6.20 Å². The van der Waals surface area contributed by atoms with Crippen LogP contribution in [-0.4, -0.2) is 19.1 Å². The molecule has 0 atom stereocenters. The van der Waals surface area contributed by atoms with Crippen molar-refractivity contribution in [2.45, 2.75) is 13.8 Å². The number of nitrogens with zero attached hydrogens (tertiary/aromatic N) is 1. The van der Waals surface area contributed by atoms with Gasteiger partial charge in [0.05, 0.1) is 6.61 Å². The fourth-order valence-electron chi connectivity index (χ4n) is 1.35. The lowest BCUT2D eigenvalue weighted by Crippen LogP contribution is -2.16. The maximum atomic E-state index is 11.8. The predicted octanol–water partition coefficient (Wildman–Crippen LogP) is 2.04. The Bertz CT molecular complexity index is 486. The van der Waals surface area contributed by atoms with E-state index in [-0.39, 0.29) is 5.57 Å². The van der Waals surface area contributed by atoms with Crippen molar-refractivity contribution in [3.8, 4) is 11.8 Å². The van der Waals surface area contributed by atoms with Crippen LogP contribution in [-0.2, 0) is 4.79 Å². The van der Waals surface area contributed by atoms with Gasteiger partial charge in [0.2, 0.25) is 0 Å². The number of benzene rings is 1. The minimum absolute atomic E-state index is 0.0377. The van der Waals surface area contributed by atoms with Crippen LogP contribution in [0.1, 0.15) is 13.8 Å². The van der Waals surface area contributed by atoms with Gasteiger partial charge >= 0.3 is 0 Å². The molecule has 0 aliphatic carbocycles. The van der Waals surface area contributed by atoms with Gasteiger partial charge in [-0.2, -0.15) is 5.26 Å². The molecule has 1 rings (SSSR count). The van der Waals surface area contributed by atoms with Gasteiger partial charge in [-0.1, -0.05) is 0 Å². The number of ether oxygens (including phenoxy) is 1. The van der Waals surface area contributed by atoms with Gasteiger partial charge in [-0.15, -0.1) is 0 Å². The van der Waals surface area contributed by atoms with Crippen LogP contribution in [0, 0.1) is 11.3 Å². The molecule has 1 amide bonds. The Hall–Kier alpha value is -2.48. The number of hydrogen-bond acceptors (Lipinski definition) is 4. The first-order chi connectivity index (χ1) is 9.21. The first-order valence-electron chi connectivity index (χ1n) is 6.09. The van der Waals surface area contributed by atoms with E-state index in [0.29, 0.717) is 18.8 Å². The molecule has 5 nitrogen and oxygen atoms in total. The van der Waals surface area contributed by atoms with Gasteiger partial charge in [0.25, 0.3) is 5.91 Å². The Morgan fingerprint density at radius 1 is 1.37 bits per heavy atom. The quantitative estimate of drug-likeness (QED) is 0.605. The summed E-state index contributed by atoms with van der Waals surface area (Å²) in [5.41, 5.74) is 0.654. The molecule has 19 heavy (non-hydrogen) atoms. The van der Waals surface area contributed by atoms with Crippen LogP contribution >= 0.6 is 0 Å². The van der Waals surface area contributed by atoms with Gasteiger partial charge in [0.1, 0.15) is 17.4 Å². The van der Waals surface area contributed by atoms with E-state index in [4.69, 9.17) is 10.00 Å². The molecule has 1 aromatic rings. The molecule has 5 heteroatoms. The molecule has 0 saturated heterocycles. The van der Waals surface area contributed by atoms with E-state index in [1.54, 1.807) is 24.3 Å². The summed E-state index contributed by atoms with van der Waals surface area (Å²) in [6, 6.07) is 8.83. The van der Waals surface area contributed by atoms with Crippen molar-refractivity contribution >= 4 is 11.6 Å². The van der Waals surface area contributed by atoms with Crippen molar-refractivity contribution in [1.82, 2.24) is 5.32 Å².